The summed E-state index contributed by atoms with van der Waals surface area (Å²) in [6.07, 6.45) is 7.41. The highest BCUT2D eigenvalue weighted by molar-refractivity contribution is 5.85. The van der Waals surface area contributed by atoms with Crippen molar-refractivity contribution in [1.29, 1.82) is 0 Å². The zero-order valence-electron chi connectivity index (χ0n) is 16.7. The topological polar surface area (TPSA) is 23.5 Å². The van der Waals surface area contributed by atoms with E-state index in [0.29, 0.717) is 5.92 Å². The van der Waals surface area contributed by atoms with E-state index in [1.54, 1.807) is 0 Å². The summed E-state index contributed by atoms with van der Waals surface area (Å²) >= 11 is 0. The van der Waals surface area contributed by atoms with Crippen molar-refractivity contribution in [3.8, 4) is 0 Å². The van der Waals surface area contributed by atoms with Crippen LogP contribution in [0.4, 0.5) is 0 Å². The highest BCUT2D eigenvalue weighted by Gasteiger charge is 2.43. The third-order valence-corrected chi connectivity index (χ3v) is 6.06. The van der Waals surface area contributed by atoms with Gasteiger partial charge >= 0.3 is 0 Å². The molecule has 0 spiro atoms. The third-order valence-electron chi connectivity index (χ3n) is 6.06. The quantitative estimate of drug-likeness (QED) is 0.662. The summed E-state index contributed by atoms with van der Waals surface area (Å²) in [5.74, 6) is 0.296. The molecule has 1 aliphatic carbocycles. The summed E-state index contributed by atoms with van der Waals surface area (Å²) in [6, 6.07) is 21.6. The second-order valence-corrected chi connectivity index (χ2v) is 8.11. The second kappa shape index (κ2) is 10.3. The van der Waals surface area contributed by atoms with Crippen LogP contribution in [0.2, 0.25) is 0 Å². The maximum atomic E-state index is 11.7. The highest BCUT2D eigenvalue weighted by Crippen LogP contribution is 2.45. The number of hydrogen-bond acceptors (Lipinski definition) is 2. The van der Waals surface area contributed by atoms with Crippen molar-refractivity contribution >= 4 is 12.4 Å². The lowest BCUT2D eigenvalue weighted by molar-refractivity contribution is -0.0841. The number of aryl methyl sites for hydroxylation is 1. The van der Waals surface area contributed by atoms with Gasteiger partial charge in [0.05, 0.1) is 5.60 Å². The monoisotopic (exact) mass is 387 g/mol. The van der Waals surface area contributed by atoms with Crippen LogP contribution in [0, 0.1) is 5.92 Å². The predicted octanol–water partition coefficient (Wildman–Crippen LogP) is 5.66. The molecule has 0 aliphatic heterocycles. The Labute approximate surface area is 171 Å². The van der Waals surface area contributed by atoms with E-state index >= 15 is 0 Å². The second-order valence-electron chi connectivity index (χ2n) is 8.11. The minimum Gasteiger partial charge on any atom is -0.390 e. The Hall–Kier alpha value is -1.35. The van der Waals surface area contributed by atoms with E-state index in [9.17, 15) is 5.11 Å². The van der Waals surface area contributed by atoms with Crippen LogP contribution in [-0.2, 0) is 6.42 Å². The number of rotatable bonds is 7. The van der Waals surface area contributed by atoms with Crippen molar-refractivity contribution in [1.82, 2.24) is 4.90 Å². The first-order valence-corrected chi connectivity index (χ1v) is 10.1. The lowest BCUT2D eigenvalue weighted by atomic mass is 9.68. The van der Waals surface area contributed by atoms with Crippen molar-refractivity contribution in [2.24, 2.45) is 5.92 Å². The standard InChI is InChI=1S/C24H33NO.ClH/c1-25(2)23(21-15-7-4-8-16-21)22-17-9-10-18-24(22,26)19-11-14-20-12-5-3-6-13-20;/h3-8,12-13,15-16,22-23,26H,9-11,14,17-19H2,1-2H3;1H. The van der Waals surface area contributed by atoms with Gasteiger partial charge in [-0.25, -0.2) is 0 Å². The Morgan fingerprint density at radius 3 is 2.26 bits per heavy atom. The van der Waals surface area contributed by atoms with Gasteiger partial charge in [-0.05, 0) is 57.3 Å². The molecule has 3 rings (SSSR count). The fourth-order valence-electron chi connectivity index (χ4n) is 4.80. The van der Waals surface area contributed by atoms with Crippen LogP contribution in [0.5, 0.6) is 0 Å². The number of halogens is 1. The lowest BCUT2D eigenvalue weighted by Crippen LogP contribution is -2.47. The molecule has 0 saturated heterocycles. The summed E-state index contributed by atoms with van der Waals surface area (Å²) in [7, 11) is 4.30. The van der Waals surface area contributed by atoms with Crippen LogP contribution in [0.1, 0.15) is 55.7 Å². The van der Waals surface area contributed by atoms with E-state index in [-0.39, 0.29) is 18.4 Å². The summed E-state index contributed by atoms with van der Waals surface area (Å²) in [4.78, 5) is 2.30. The molecule has 1 N–H and O–H groups in total. The molecule has 0 aromatic heterocycles. The third kappa shape index (κ3) is 5.57. The average molecular weight is 388 g/mol. The van der Waals surface area contributed by atoms with E-state index in [1.165, 1.54) is 17.5 Å². The van der Waals surface area contributed by atoms with Crippen LogP contribution < -0.4 is 0 Å². The molecule has 0 heterocycles. The van der Waals surface area contributed by atoms with Crippen LogP contribution >= 0.6 is 12.4 Å². The molecule has 0 amide bonds. The Morgan fingerprint density at radius 1 is 1.00 bits per heavy atom. The average Bonchev–Trinajstić information content (AvgIpc) is 2.65. The Kier molecular flexibility index (Phi) is 8.34. The molecule has 148 valence electrons. The molecule has 27 heavy (non-hydrogen) atoms. The highest BCUT2D eigenvalue weighted by atomic mass is 35.5. The Morgan fingerprint density at radius 2 is 1.63 bits per heavy atom. The maximum Gasteiger partial charge on any atom is 0.0694 e. The minimum atomic E-state index is -0.558. The Bertz CT molecular complexity index is 661. The summed E-state index contributed by atoms with van der Waals surface area (Å²) in [5.41, 5.74) is 2.14. The van der Waals surface area contributed by atoms with Crippen LogP contribution in [0.15, 0.2) is 60.7 Å². The molecule has 1 saturated carbocycles. The fraction of sp³-hybridized carbons (Fsp3) is 0.500. The first-order chi connectivity index (χ1) is 12.6. The van der Waals surface area contributed by atoms with Gasteiger partial charge in [0.1, 0.15) is 0 Å². The molecule has 2 aromatic carbocycles. The molecule has 0 radical (unpaired) electrons. The van der Waals surface area contributed by atoms with Gasteiger partial charge in [-0.15, -0.1) is 12.4 Å². The van der Waals surface area contributed by atoms with Crippen molar-refractivity contribution in [3.05, 3.63) is 71.8 Å². The zero-order valence-corrected chi connectivity index (χ0v) is 17.5. The molecular weight excluding hydrogens is 354 g/mol. The molecule has 2 nitrogen and oxygen atoms in total. The van der Waals surface area contributed by atoms with Crippen LogP contribution in [0.25, 0.3) is 0 Å². The van der Waals surface area contributed by atoms with Gasteiger partial charge in [0, 0.05) is 12.0 Å². The molecule has 3 heteroatoms. The number of benzene rings is 2. The van der Waals surface area contributed by atoms with Gasteiger partial charge in [-0.1, -0.05) is 73.5 Å². The first kappa shape index (κ1) is 21.9. The summed E-state index contributed by atoms with van der Waals surface area (Å²) in [6.45, 7) is 0. The molecule has 2 aromatic rings. The summed E-state index contributed by atoms with van der Waals surface area (Å²) in [5, 5.41) is 11.7. The van der Waals surface area contributed by atoms with Crippen molar-refractivity contribution in [2.45, 2.75) is 56.6 Å². The number of hydrogen-bond donors (Lipinski definition) is 1. The minimum absolute atomic E-state index is 0. The smallest absolute Gasteiger partial charge is 0.0694 e. The lowest BCUT2D eigenvalue weighted by Gasteiger charge is -2.46. The summed E-state index contributed by atoms with van der Waals surface area (Å²) < 4.78 is 0. The maximum absolute atomic E-state index is 11.7. The van der Waals surface area contributed by atoms with Crippen molar-refractivity contribution in [3.63, 3.8) is 0 Å². The van der Waals surface area contributed by atoms with Gasteiger partial charge < -0.3 is 10.0 Å². The molecule has 1 aliphatic rings. The zero-order chi connectivity index (χ0) is 18.4. The van der Waals surface area contributed by atoms with Crippen LogP contribution in [-0.4, -0.2) is 29.7 Å². The van der Waals surface area contributed by atoms with E-state index < -0.39 is 5.60 Å². The van der Waals surface area contributed by atoms with Crippen molar-refractivity contribution in [2.75, 3.05) is 14.1 Å². The molecule has 1 fully saturated rings. The van der Waals surface area contributed by atoms with E-state index in [2.05, 4.69) is 79.7 Å². The normalized spacial score (nSPS) is 23.6. The van der Waals surface area contributed by atoms with E-state index in [1.807, 2.05) is 0 Å². The Balaban J connectivity index is 0.00000261. The predicted molar refractivity (Wildman–Crippen MR) is 116 cm³/mol. The van der Waals surface area contributed by atoms with Crippen molar-refractivity contribution < 1.29 is 5.11 Å². The van der Waals surface area contributed by atoms with Gasteiger partial charge in [-0.2, -0.15) is 0 Å². The van der Waals surface area contributed by atoms with Gasteiger partial charge in [0.2, 0.25) is 0 Å². The largest absolute Gasteiger partial charge is 0.390 e. The molecule has 3 atom stereocenters. The molecular formula is C24H34ClNO. The number of aliphatic hydroxyl groups is 1. The van der Waals surface area contributed by atoms with Gasteiger partial charge in [0.25, 0.3) is 0 Å². The van der Waals surface area contributed by atoms with E-state index in [4.69, 9.17) is 0 Å². The first-order valence-electron chi connectivity index (χ1n) is 10.1. The molecule has 3 unspecified atom stereocenters. The SMILES string of the molecule is CN(C)C(c1ccccc1)C1CCCCC1(O)CCCc1ccccc1.Cl. The van der Waals surface area contributed by atoms with Gasteiger partial charge in [0.15, 0.2) is 0 Å². The van der Waals surface area contributed by atoms with Gasteiger partial charge in [-0.3, -0.25) is 0 Å². The van der Waals surface area contributed by atoms with Crippen LogP contribution in [0.3, 0.4) is 0 Å². The fourth-order valence-corrected chi connectivity index (χ4v) is 4.80. The van der Waals surface area contributed by atoms with E-state index in [0.717, 1.165) is 38.5 Å². The number of nitrogens with zero attached hydrogens (tertiary/aromatic N) is 1. The molecule has 0 bridgehead atoms.